The zero-order valence-electron chi connectivity index (χ0n) is 9.51. The van der Waals surface area contributed by atoms with Crippen molar-refractivity contribution in [2.24, 2.45) is 0 Å². The normalized spacial score (nSPS) is 13.3. The van der Waals surface area contributed by atoms with Gasteiger partial charge in [0.2, 0.25) is 0 Å². The summed E-state index contributed by atoms with van der Waals surface area (Å²) in [6, 6.07) is 0. The molecule has 0 fully saturated rings. The maximum Gasteiger partial charge on any atom is 0.146 e. The first-order chi connectivity index (χ1) is 6.97. The van der Waals surface area contributed by atoms with E-state index < -0.39 is 0 Å². The molecular formula is C11H16ClIN2. The summed E-state index contributed by atoms with van der Waals surface area (Å²) in [6.45, 7) is 8.51. The Kier molecular flexibility index (Phi) is 4.77. The third kappa shape index (κ3) is 3.03. The first-order valence-corrected chi connectivity index (χ1v) is 6.65. The van der Waals surface area contributed by atoms with Crippen molar-refractivity contribution in [1.82, 2.24) is 9.97 Å². The van der Waals surface area contributed by atoms with Gasteiger partial charge in [-0.05, 0) is 34.9 Å². The Hall–Kier alpha value is 0.1000. The predicted molar refractivity (Wildman–Crippen MR) is 72.6 cm³/mol. The van der Waals surface area contributed by atoms with Crippen LogP contribution >= 0.6 is 34.2 Å². The van der Waals surface area contributed by atoms with E-state index in [1.165, 1.54) is 0 Å². The molecule has 0 aliphatic heterocycles. The molecular weight excluding hydrogens is 322 g/mol. The fraction of sp³-hybridized carbons (Fsp3) is 0.636. The first-order valence-electron chi connectivity index (χ1n) is 5.20. The summed E-state index contributed by atoms with van der Waals surface area (Å²) >= 11 is 8.32. The summed E-state index contributed by atoms with van der Waals surface area (Å²) in [5.41, 5.74) is 1.06. The fourth-order valence-electron chi connectivity index (χ4n) is 1.24. The highest BCUT2D eigenvalue weighted by Gasteiger charge is 2.16. The van der Waals surface area contributed by atoms with Gasteiger partial charge < -0.3 is 0 Å². The van der Waals surface area contributed by atoms with E-state index in [-0.39, 0.29) is 0 Å². The minimum Gasteiger partial charge on any atom is -0.236 e. The van der Waals surface area contributed by atoms with Crippen LogP contribution < -0.4 is 0 Å². The number of halogens is 2. The van der Waals surface area contributed by atoms with Crippen LogP contribution in [0.15, 0.2) is 0 Å². The molecule has 0 aliphatic rings. The molecule has 0 saturated carbocycles. The van der Waals surface area contributed by atoms with Gasteiger partial charge in [-0.1, -0.05) is 39.3 Å². The van der Waals surface area contributed by atoms with Gasteiger partial charge >= 0.3 is 0 Å². The number of rotatable bonds is 3. The first kappa shape index (κ1) is 13.2. The zero-order valence-corrected chi connectivity index (χ0v) is 12.4. The van der Waals surface area contributed by atoms with Crippen molar-refractivity contribution in [1.29, 1.82) is 0 Å². The van der Waals surface area contributed by atoms with Crippen LogP contribution in [0, 0.1) is 3.57 Å². The molecule has 0 aromatic carbocycles. The minimum absolute atomic E-state index is 0.372. The van der Waals surface area contributed by atoms with Crippen LogP contribution in [-0.4, -0.2) is 9.97 Å². The van der Waals surface area contributed by atoms with Crippen LogP contribution in [0.5, 0.6) is 0 Å². The lowest BCUT2D eigenvalue weighted by Gasteiger charge is -2.13. The number of aromatic nitrogens is 2. The summed E-state index contributed by atoms with van der Waals surface area (Å²) < 4.78 is 0.983. The van der Waals surface area contributed by atoms with E-state index in [2.05, 4.69) is 60.3 Å². The van der Waals surface area contributed by atoms with Gasteiger partial charge in [-0.2, -0.15) is 0 Å². The lowest BCUT2D eigenvalue weighted by Crippen LogP contribution is -2.07. The number of nitrogens with zero attached hydrogens (tertiary/aromatic N) is 2. The molecule has 1 aromatic rings. The third-order valence-corrected chi connectivity index (χ3v) is 4.11. The van der Waals surface area contributed by atoms with Crippen LogP contribution in [0.25, 0.3) is 0 Å². The largest absolute Gasteiger partial charge is 0.236 e. The molecule has 0 bridgehead atoms. The molecule has 1 unspecified atom stereocenters. The van der Waals surface area contributed by atoms with E-state index in [4.69, 9.17) is 11.6 Å². The molecule has 1 aromatic heterocycles. The summed E-state index contributed by atoms with van der Waals surface area (Å²) in [5.74, 6) is 1.63. The molecule has 1 heterocycles. The molecule has 1 rings (SSSR count). The van der Waals surface area contributed by atoms with E-state index in [1.54, 1.807) is 0 Å². The van der Waals surface area contributed by atoms with E-state index in [1.807, 2.05) is 0 Å². The zero-order chi connectivity index (χ0) is 11.6. The SMILES string of the molecule is CCC(C)c1nc(Cl)c(I)c(C(C)C)n1. The lowest BCUT2D eigenvalue weighted by molar-refractivity contribution is 0.659. The average Bonchev–Trinajstić information content (AvgIpc) is 2.20. The van der Waals surface area contributed by atoms with Crippen LogP contribution in [0.2, 0.25) is 5.15 Å². The van der Waals surface area contributed by atoms with E-state index in [9.17, 15) is 0 Å². The molecule has 1 atom stereocenters. The number of hydrogen-bond donors (Lipinski definition) is 0. The Morgan fingerprint density at radius 2 is 1.87 bits per heavy atom. The second-order valence-electron chi connectivity index (χ2n) is 4.04. The van der Waals surface area contributed by atoms with Crippen molar-refractivity contribution in [3.05, 3.63) is 20.2 Å². The molecule has 0 aliphatic carbocycles. The summed E-state index contributed by atoms with van der Waals surface area (Å²) in [4.78, 5) is 8.93. The Bertz CT molecular complexity index is 353. The second kappa shape index (κ2) is 5.43. The van der Waals surface area contributed by atoms with Crippen molar-refractivity contribution in [3.8, 4) is 0 Å². The van der Waals surface area contributed by atoms with Gasteiger partial charge in [0.25, 0.3) is 0 Å². The number of hydrogen-bond acceptors (Lipinski definition) is 2. The standard InChI is InChI=1S/C11H16ClIN2/c1-5-7(4)11-14-9(6(2)3)8(13)10(12)15-11/h6-7H,5H2,1-4H3. The topological polar surface area (TPSA) is 25.8 Å². The quantitative estimate of drug-likeness (QED) is 0.604. The molecule has 15 heavy (non-hydrogen) atoms. The summed E-state index contributed by atoms with van der Waals surface area (Å²) in [5, 5.41) is 0.588. The average molecular weight is 339 g/mol. The minimum atomic E-state index is 0.372. The highest BCUT2D eigenvalue weighted by Crippen LogP contribution is 2.27. The van der Waals surface area contributed by atoms with Crippen LogP contribution in [-0.2, 0) is 0 Å². The van der Waals surface area contributed by atoms with E-state index >= 15 is 0 Å². The van der Waals surface area contributed by atoms with Crippen LogP contribution in [0.4, 0.5) is 0 Å². The van der Waals surface area contributed by atoms with Gasteiger partial charge in [-0.15, -0.1) is 0 Å². The van der Waals surface area contributed by atoms with Crippen molar-refractivity contribution in [2.45, 2.75) is 46.0 Å². The Balaban J connectivity index is 3.23. The summed E-state index contributed by atoms with van der Waals surface area (Å²) in [6.07, 6.45) is 1.04. The van der Waals surface area contributed by atoms with E-state index in [0.29, 0.717) is 17.0 Å². The van der Waals surface area contributed by atoms with Gasteiger partial charge in [0.05, 0.1) is 9.26 Å². The van der Waals surface area contributed by atoms with Crippen molar-refractivity contribution in [3.63, 3.8) is 0 Å². The molecule has 4 heteroatoms. The van der Waals surface area contributed by atoms with Gasteiger partial charge in [0, 0.05) is 5.92 Å². The van der Waals surface area contributed by atoms with Crippen molar-refractivity contribution in [2.75, 3.05) is 0 Å². The molecule has 84 valence electrons. The molecule has 0 amide bonds. The summed E-state index contributed by atoms with van der Waals surface area (Å²) in [7, 11) is 0. The van der Waals surface area contributed by atoms with Crippen LogP contribution in [0.1, 0.15) is 57.5 Å². The van der Waals surface area contributed by atoms with Crippen molar-refractivity contribution >= 4 is 34.2 Å². The van der Waals surface area contributed by atoms with Gasteiger partial charge in [0.1, 0.15) is 11.0 Å². The molecule has 0 radical (unpaired) electrons. The Labute approximate surface area is 110 Å². The maximum absolute atomic E-state index is 6.11. The van der Waals surface area contributed by atoms with Gasteiger partial charge in [-0.25, -0.2) is 9.97 Å². The molecule has 0 N–H and O–H groups in total. The second-order valence-corrected chi connectivity index (χ2v) is 5.47. The van der Waals surface area contributed by atoms with E-state index in [0.717, 1.165) is 21.5 Å². The highest BCUT2D eigenvalue weighted by atomic mass is 127. The lowest BCUT2D eigenvalue weighted by atomic mass is 10.1. The monoisotopic (exact) mass is 338 g/mol. The van der Waals surface area contributed by atoms with Crippen LogP contribution in [0.3, 0.4) is 0 Å². The van der Waals surface area contributed by atoms with Crippen molar-refractivity contribution < 1.29 is 0 Å². The Morgan fingerprint density at radius 3 is 2.33 bits per heavy atom. The highest BCUT2D eigenvalue weighted by molar-refractivity contribution is 14.1. The van der Waals surface area contributed by atoms with Gasteiger partial charge in [-0.3, -0.25) is 0 Å². The Morgan fingerprint density at radius 1 is 1.27 bits per heavy atom. The smallest absolute Gasteiger partial charge is 0.146 e. The predicted octanol–water partition coefficient (Wildman–Crippen LogP) is 4.37. The van der Waals surface area contributed by atoms with Gasteiger partial charge in [0.15, 0.2) is 0 Å². The molecule has 0 spiro atoms. The molecule has 0 saturated heterocycles. The third-order valence-electron chi connectivity index (χ3n) is 2.45. The molecule has 2 nitrogen and oxygen atoms in total. The maximum atomic E-state index is 6.11. The fourth-order valence-corrected chi connectivity index (χ4v) is 2.29.